The summed E-state index contributed by atoms with van der Waals surface area (Å²) in [6.45, 7) is 4.13. The monoisotopic (exact) mass is 382 g/mol. The largest absolute Gasteiger partial charge is 0.496 e. The van der Waals surface area contributed by atoms with E-state index in [9.17, 15) is 4.79 Å². The fourth-order valence-electron chi connectivity index (χ4n) is 2.70. The van der Waals surface area contributed by atoms with Crippen LogP contribution in [0.15, 0.2) is 53.9 Å². The zero-order chi connectivity index (χ0) is 19.2. The minimum atomic E-state index is -0.241. The maximum absolute atomic E-state index is 12.2. The number of hydrogen-bond acceptors (Lipinski definition) is 5. The summed E-state index contributed by atoms with van der Waals surface area (Å²) in [7, 11) is 1.63. The van der Waals surface area contributed by atoms with Crippen molar-refractivity contribution in [1.29, 1.82) is 0 Å². The van der Waals surface area contributed by atoms with Crippen molar-refractivity contribution >= 4 is 22.4 Å². The Morgan fingerprint density at radius 1 is 1.11 bits per heavy atom. The van der Waals surface area contributed by atoms with Crippen LogP contribution < -0.4 is 14.8 Å². The molecule has 27 heavy (non-hydrogen) atoms. The standard InChI is InChI=1S/C21H22N2O3S/c1-14(2)15-8-4-7-11-19(15)26-12-20(24)23-21-22-17(13-27-21)16-9-5-6-10-18(16)25-3/h4-11,13-14H,12H2,1-3H3,(H,22,23,24). The van der Waals surface area contributed by atoms with Crippen molar-refractivity contribution in [2.45, 2.75) is 19.8 Å². The van der Waals surface area contributed by atoms with E-state index in [1.165, 1.54) is 11.3 Å². The van der Waals surface area contributed by atoms with E-state index in [1.54, 1.807) is 7.11 Å². The van der Waals surface area contributed by atoms with Crippen LogP contribution in [0, 0.1) is 0 Å². The summed E-state index contributed by atoms with van der Waals surface area (Å²) in [5.41, 5.74) is 2.73. The highest BCUT2D eigenvalue weighted by Gasteiger charge is 2.13. The van der Waals surface area contributed by atoms with Crippen LogP contribution in [0.2, 0.25) is 0 Å². The van der Waals surface area contributed by atoms with Crippen LogP contribution in [-0.2, 0) is 4.79 Å². The van der Waals surface area contributed by atoms with Crippen molar-refractivity contribution in [3.05, 3.63) is 59.5 Å². The number of nitrogens with one attached hydrogen (secondary N) is 1. The van der Waals surface area contributed by atoms with E-state index in [0.29, 0.717) is 11.0 Å². The number of carbonyl (C=O) groups excluding carboxylic acids is 1. The van der Waals surface area contributed by atoms with E-state index < -0.39 is 0 Å². The van der Waals surface area contributed by atoms with Gasteiger partial charge in [0, 0.05) is 10.9 Å². The van der Waals surface area contributed by atoms with Crippen molar-refractivity contribution in [3.8, 4) is 22.8 Å². The first-order valence-corrected chi connectivity index (χ1v) is 9.57. The lowest BCUT2D eigenvalue weighted by atomic mass is 10.0. The van der Waals surface area contributed by atoms with Gasteiger partial charge in [0.1, 0.15) is 11.5 Å². The van der Waals surface area contributed by atoms with Gasteiger partial charge in [0.2, 0.25) is 0 Å². The normalized spacial score (nSPS) is 10.7. The molecule has 0 saturated carbocycles. The summed E-state index contributed by atoms with van der Waals surface area (Å²) in [6.07, 6.45) is 0. The van der Waals surface area contributed by atoms with Crippen LogP contribution in [-0.4, -0.2) is 24.6 Å². The Balaban J connectivity index is 1.63. The SMILES string of the molecule is COc1ccccc1-c1csc(NC(=O)COc2ccccc2C(C)C)n1. The Morgan fingerprint density at radius 2 is 1.81 bits per heavy atom. The average molecular weight is 382 g/mol. The van der Waals surface area contributed by atoms with E-state index in [2.05, 4.69) is 24.1 Å². The van der Waals surface area contributed by atoms with E-state index in [1.807, 2.05) is 53.9 Å². The predicted molar refractivity (Wildman–Crippen MR) is 109 cm³/mol. The quantitative estimate of drug-likeness (QED) is 0.627. The molecule has 0 radical (unpaired) electrons. The van der Waals surface area contributed by atoms with Crippen molar-refractivity contribution < 1.29 is 14.3 Å². The Morgan fingerprint density at radius 3 is 2.56 bits per heavy atom. The van der Waals surface area contributed by atoms with Crippen LogP contribution in [0.1, 0.15) is 25.3 Å². The summed E-state index contributed by atoms with van der Waals surface area (Å²) in [4.78, 5) is 16.7. The van der Waals surface area contributed by atoms with Gasteiger partial charge in [-0.05, 0) is 29.7 Å². The number of carbonyl (C=O) groups is 1. The second-order valence-electron chi connectivity index (χ2n) is 6.27. The zero-order valence-electron chi connectivity index (χ0n) is 15.6. The molecule has 0 unspecified atom stereocenters. The molecule has 0 aliphatic heterocycles. The summed E-state index contributed by atoms with van der Waals surface area (Å²) in [6, 6.07) is 15.4. The van der Waals surface area contributed by atoms with Crippen molar-refractivity contribution in [2.75, 3.05) is 19.0 Å². The molecule has 0 aliphatic rings. The molecule has 0 saturated heterocycles. The van der Waals surface area contributed by atoms with E-state index in [-0.39, 0.29) is 12.5 Å². The molecule has 6 heteroatoms. The van der Waals surface area contributed by atoms with Gasteiger partial charge >= 0.3 is 0 Å². The first-order chi connectivity index (χ1) is 13.1. The fourth-order valence-corrected chi connectivity index (χ4v) is 3.43. The van der Waals surface area contributed by atoms with Crippen molar-refractivity contribution in [3.63, 3.8) is 0 Å². The first kappa shape index (κ1) is 18.9. The molecule has 3 rings (SSSR count). The van der Waals surface area contributed by atoms with Crippen LogP contribution >= 0.6 is 11.3 Å². The third kappa shape index (κ3) is 4.65. The molecule has 0 aliphatic carbocycles. The molecule has 1 aromatic heterocycles. The van der Waals surface area contributed by atoms with Gasteiger partial charge in [-0.15, -0.1) is 11.3 Å². The van der Waals surface area contributed by atoms with Gasteiger partial charge in [0.15, 0.2) is 11.7 Å². The maximum atomic E-state index is 12.2. The molecule has 1 heterocycles. The maximum Gasteiger partial charge on any atom is 0.264 e. The number of methoxy groups -OCH3 is 1. The first-order valence-electron chi connectivity index (χ1n) is 8.69. The highest BCUT2D eigenvalue weighted by Crippen LogP contribution is 2.32. The Kier molecular flexibility index (Phi) is 6.08. The van der Waals surface area contributed by atoms with Crippen molar-refractivity contribution in [2.24, 2.45) is 0 Å². The number of ether oxygens (including phenoxy) is 2. The number of nitrogens with zero attached hydrogens (tertiary/aromatic N) is 1. The lowest BCUT2D eigenvalue weighted by Crippen LogP contribution is -2.20. The summed E-state index contributed by atoms with van der Waals surface area (Å²) >= 11 is 1.37. The predicted octanol–water partition coefficient (Wildman–Crippen LogP) is 4.96. The van der Waals surface area contributed by atoms with Gasteiger partial charge < -0.3 is 9.47 Å². The van der Waals surface area contributed by atoms with Gasteiger partial charge in [0.05, 0.1) is 12.8 Å². The van der Waals surface area contributed by atoms with Gasteiger partial charge in [-0.3, -0.25) is 10.1 Å². The fraction of sp³-hybridized carbons (Fsp3) is 0.238. The topological polar surface area (TPSA) is 60.5 Å². The highest BCUT2D eigenvalue weighted by atomic mass is 32.1. The van der Waals surface area contributed by atoms with Crippen LogP contribution in [0.4, 0.5) is 5.13 Å². The smallest absolute Gasteiger partial charge is 0.264 e. The van der Waals surface area contributed by atoms with Crippen LogP contribution in [0.25, 0.3) is 11.3 Å². The highest BCUT2D eigenvalue weighted by molar-refractivity contribution is 7.14. The zero-order valence-corrected chi connectivity index (χ0v) is 16.4. The van der Waals surface area contributed by atoms with Crippen LogP contribution in [0.5, 0.6) is 11.5 Å². The lowest BCUT2D eigenvalue weighted by Gasteiger charge is -2.13. The minimum absolute atomic E-state index is 0.0622. The Labute approximate surface area is 163 Å². The number of thiazole rings is 1. The summed E-state index contributed by atoms with van der Waals surface area (Å²) in [5.74, 6) is 1.56. The van der Waals surface area contributed by atoms with Gasteiger partial charge in [-0.1, -0.05) is 44.2 Å². The molecule has 5 nitrogen and oxygen atoms in total. The molecule has 0 fully saturated rings. The lowest BCUT2D eigenvalue weighted by molar-refractivity contribution is -0.118. The molecule has 0 spiro atoms. The molecule has 3 aromatic rings. The molecule has 0 atom stereocenters. The molecule has 140 valence electrons. The minimum Gasteiger partial charge on any atom is -0.496 e. The molecular formula is C21H22N2O3S. The van der Waals surface area contributed by atoms with Crippen molar-refractivity contribution in [1.82, 2.24) is 4.98 Å². The van der Waals surface area contributed by atoms with Gasteiger partial charge in [-0.25, -0.2) is 4.98 Å². The number of aromatic nitrogens is 1. The number of rotatable bonds is 7. The molecule has 1 N–H and O–H groups in total. The number of benzene rings is 2. The second-order valence-corrected chi connectivity index (χ2v) is 7.13. The Bertz CT molecular complexity index is 921. The second kappa shape index (κ2) is 8.68. The Hall–Kier alpha value is -2.86. The molecular weight excluding hydrogens is 360 g/mol. The van der Waals surface area contributed by atoms with Gasteiger partial charge in [0.25, 0.3) is 5.91 Å². The number of para-hydroxylation sites is 2. The van der Waals surface area contributed by atoms with E-state index in [4.69, 9.17) is 9.47 Å². The van der Waals surface area contributed by atoms with E-state index >= 15 is 0 Å². The number of hydrogen-bond donors (Lipinski definition) is 1. The molecule has 0 bridgehead atoms. The molecule has 2 aromatic carbocycles. The average Bonchev–Trinajstić information content (AvgIpc) is 3.14. The number of amides is 1. The van der Waals surface area contributed by atoms with E-state index in [0.717, 1.165) is 28.3 Å². The van der Waals surface area contributed by atoms with Gasteiger partial charge in [-0.2, -0.15) is 0 Å². The summed E-state index contributed by atoms with van der Waals surface area (Å²) in [5, 5.41) is 5.21. The summed E-state index contributed by atoms with van der Waals surface area (Å²) < 4.78 is 11.1. The third-order valence-corrected chi connectivity index (χ3v) is 4.79. The molecule has 1 amide bonds. The van der Waals surface area contributed by atoms with Crippen LogP contribution in [0.3, 0.4) is 0 Å². The number of anilines is 1. The third-order valence-electron chi connectivity index (χ3n) is 4.03.